The molecular weight excluding hydrogens is 172 g/mol. The van der Waals surface area contributed by atoms with Gasteiger partial charge in [-0.2, -0.15) is 0 Å². The maximum atomic E-state index is 8.86. The van der Waals surface area contributed by atoms with Crippen LogP contribution in [0.1, 0.15) is 33.6 Å². The molecule has 1 heteroatoms. The normalized spacial score (nSPS) is 44.4. The highest BCUT2D eigenvalue weighted by atomic mass is 16.2. The average molecular weight is 192 g/mol. The minimum Gasteiger partial charge on any atom is -0.392 e. The first-order valence-corrected chi connectivity index (χ1v) is 5.41. The summed E-state index contributed by atoms with van der Waals surface area (Å²) in [4.78, 5) is 0. The van der Waals surface area contributed by atoms with Gasteiger partial charge in [0.2, 0.25) is 0 Å². The van der Waals surface area contributed by atoms with Crippen molar-refractivity contribution in [2.75, 3.05) is 6.61 Å². The van der Waals surface area contributed by atoms with Gasteiger partial charge in [0.25, 0.3) is 0 Å². The second kappa shape index (κ2) is 2.52. The summed E-state index contributed by atoms with van der Waals surface area (Å²) in [7, 11) is 0. The van der Waals surface area contributed by atoms with Crippen molar-refractivity contribution < 1.29 is 5.11 Å². The van der Waals surface area contributed by atoms with E-state index in [0.717, 1.165) is 0 Å². The third-order valence-electron chi connectivity index (χ3n) is 5.23. The molecule has 1 nitrogen and oxygen atoms in total. The van der Waals surface area contributed by atoms with Crippen LogP contribution in [0.25, 0.3) is 0 Å². The van der Waals surface area contributed by atoms with E-state index in [1.165, 1.54) is 18.4 Å². The fourth-order valence-corrected chi connectivity index (χ4v) is 3.70. The van der Waals surface area contributed by atoms with Gasteiger partial charge in [0.15, 0.2) is 0 Å². The molecule has 0 radical (unpaired) electrons. The van der Waals surface area contributed by atoms with E-state index in [2.05, 4.69) is 33.4 Å². The Morgan fingerprint density at radius 1 is 1.36 bits per heavy atom. The second-order valence-corrected chi connectivity index (χ2v) is 5.49. The monoisotopic (exact) mass is 192 g/mol. The van der Waals surface area contributed by atoms with Crippen LogP contribution in [0.3, 0.4) is 0 Å². The second-order valence-electron chi connectivity index (χ2n) is 5.49. The average Bonchev–Trinajstić information content (AvgIpc) is 2.52. The van der Waals surface area contributed by atoms with Gasteiger partial charge < -0.3 is 5.11 Å². The molecule has 0 saturated heterocycles. The van der Waals surface area contributed by atoms with E-state index in [0.29, 0.717) is 10.8 Å². The molecule has 0 spiro atoms. The van der Waals surface area contributed by atoms with Crippen molar-refractivity contribution in [3.8, 4) is 0 Å². The van der Waals surface area contributed by atoms with Crippen molar-refractivity contribution in [2.45, 2.75) is 33.6 Å². The van der Waals surface area contributed by atoms with Crippen molar-refractivity contribution in [1.29, 1.82) is 0 Å². The summed E-state index contributed by atoms with van der Waals surface area (Å²) in [5.74, 6) is 0. The van der Waals surface area contributed by atoms with Gasteiger partial charge in [-0.05, 0) is 23.7 Å². The lowest BCUT2D eigenvalue weighted by Crippen LogP contribution is -2.55. The standard InChI is InChI=1S/C13H20O/c1-10-12(4)7-8-13(10,6-5-9-14)11(12,2)3/h5-6,14H,1,7-9H2,2-4H3/b6-5+/t12-,13?/m1/s1. The van der Waals surface area contributed by atoms with Crippen LogP contribution in [-0.2, 0) is 0 Å². The zero-order valence-electron chi connectivity index (χ0n) is 9.43. The molecule has 3 aliphatic rings. The zero-order valence-corrected chi connectivity index (χ0v) is 9.43. The third-order valence-corrected chi connectivity index (χ3v) is 5.23. The molecule has 0 aromatic carbocycles. The smallest absolute Gasteiger partial charge is 0.0612 e. The Balaban J connectivity index is 2.39. The lowest BCUT2D eigenvalue weighted by molar-refractivity contribution is -0.00732. The first kappa shape index (κ1) is 9.97. The van der Waals surface area contributed by atoms with E-state index in [9.17, 15) is 0 Å². The Morgan fingerprint density at radius 2 is 2.00 bits per heavy atom. The van der Waals surface area contributed by atoms with E-state index >= 15 is 0 Å². The molecule has 78 valence electrons. The van der Waals surface area contributed by atoms with E-state index < -0.39 is 0 Å². The Kier molecular flexibility index (Phi) is 1.79. The van der Waals surface area contributed by atoms with E-state index in [1.807, 2.05) is 6.08 Å². The number of rotatable bonds is 2. The molecule has 0 amide bonds. The molecule has 3 aliphatic carbocycles. The number of aliphatic hydroxyl groups excluding tert-OH is 1. The summed E-state index contributed by atoms with van der Waals surface area (Å²) in [5.41, 5.74) is 2.18. The fraction of sp³-hybridized carbons (Fsp3) is 0.692. The summed E-state index contributed by atoms with van der Waals surface area (Å²) in [6.07, 6.45) is 6.50. The molecule has 3 rings (SSSR count). The van der Waals surface area contributed by atoms with Gasteiger partial charge in [-0.3, -0.25) is 0 Å². The van der Waals surface area contributed by atoms with Gasteiger partial charge in [0.05, 0.1) is 6.61 Å². The van der Waals surface area contributed by atoms with Crippen LogP contribution in [0.15, 0.2) is 24.3 Å². The third kappa shape index (κ3) is 0.726. The Labute approximate surface area is 86.5 Å². The maximum absolute atomic E-state index is 8.86. The molecule has 3 saturated carbocycles. The number of hydrogen-bond acceptors (Lipinski definition) is 1. The van der Waals surface area contributed by atoms with Gasteiger partial charge in [0, 0.05) is 5.41 Å². The molecule has 2 atom stereocenters. The van der Waals surface area contributed by atoms with E-state index in [-0.39, 0.29) is 12.0 Å². The van der Waals surface area contributed by atoms with E-state index in [1.54, 1.807) is 0 Å². The first-order valence-electron chi connectivity index (χ1n) is 5.41. The quantitative estimate of drug-likeness (QED) is 0.667. The van der Waals surface area contributed by atoms with Gasteiger partial charge in [-0.1, -0.05) is 45.1 Å². The molecular formula is C13H20O. The topological polar surface area (TPSA) is 20.2 Å². The van der Waals surface area contributed by atoms with Gasteiger partial charge in [0.1, 0.15) is 0 Å². The van der Waals surface area contributed by atoms with E-state index in [4.69, 9.17) is 5.11 Å². The summed E-state index contributed by atoms with van der Waals surface area (Å²) in [5, 5.41) is 8.86. The summed E-state index contributed by atoms with van der Waals surface area (Å²) < 4.78 is 0. The first-order chi connectivity index (χ1) is 6.42. The van der Waals surface area contributed by atoms with Crippen LogP contribution in [0.5, 0.6) is 0 Å². The minimum absolute atomic E-state index is 0.141. The summed E-state index contributed by atoms with van der Waals surface area (Å²) >= 11 is 0. The predicted octanol–water partition coefficient (Wildman–Crippen LogP) is 2.92. The molecule has 14 heavy (non-hydrogen) atoms. The van der Waals surface area contributed by atoms with Crippen LogP contribution >= 0.6 is 0 Å². The Hall–Kier alpha value is -0.560. The highest BCUT2D eigenvalue weighted by Crippen LogP contribution is 2.80. The maximum Gasteiger partial charge on any atom is 0.0612 e. The lowest BCUT2D eigenvalue weighted by atomic mass is 9.41. The largest absolute Gasteiger partial charge is 0.392 e. The van der Waals surface area contributed by atoms with Crippen LogP contribution in [0.4, 0.5) is 0 Å². The Bertz CT molecular complexity index is 313. The van der Waals surface area contributed by atoms with Gasteiger partial charge in [-0.15, -0.1) is 0 Å². The highest BCUT2D eigenvalue weighted by Gasteiger charge is 2.72. The van der Waals surface area contributed by atoms with Crippen molar-refractivity contribution in [1.82, 2.24) is 0 Å². The number of aliphatic hydroxyl groups is 1. The number of hydrogen-bond donors (Lipinski definition) is 1. The minimum atomic E-state index is 0.141. The Morgan fingerprint density at radius 3 is 2.36 bits per heavy atom. The van der Waals surface area contributed by atoms with Crippen molar-refractivity contribution in [2.24, 2.45) is 16.2 Å². The SMILES string of the molecule is C=C1C2(/C=C/CO)CC[C@@]1(C)C2(C)C. The number of allylic oxidation sites excluding steroid dienone is 2. The predicted molar refractivity (Wildman–Crippen MR) is 58.9 cm³/mol. The zero-order chi connectivity index (χ0) is 10.6. The molecule has 0 aromatic heterocycles. The molecule has 2 bridgehead atoms. The molecule has 1 unspecified atom stereocenters. The van der Waals surface area contributed by atoms with Crippen LogP contribution in [0, 0.1) is 16.2 Å². The van der Waals surface area contributed by atoms with Crippen LogP contribution < -0.4 is 0 Å². The van der Waals surface area contributed by atoms with Gasteiger partial charge >= 0.3 is 0 Å². The number of fused-ring (bicyclic) bond motifs is 1. The van der Waals surface area contributed by atoms with Crippen molar-refractivity contribution in [3.63, 3.8) is 0 Å². The molecule has 0 aliphatic heterocycles. The fourth-order valence-electron chi connectivity index (χ4n) is 3.70. The summed E-state index contributed by atoms with van der Waals surface area (Å²) in [6.45, 7) is 11.4. The van der Waals surface area contributed by atoms with Crippen LogP contribution in [-0.4, -0.2) is 11.7 Å². The molecule has 3 fully saturated rings. The molecule has 0 aromatic rings. The van der Waals surface area contributed by atoms with Gasteiger partial charge in [-0.25, -0.2) is 0 Å². The lowest BCUT2D eigenvalue weighted by Gasteiger charge is -2.62. The molecule has 1 N–H and O–H groups in total. The highest BCUT2D eigenvalue weighted by molar-refractivity contribution is 5.47. The molecule has 0 heterocycles. The van der Waals surface area contributed by atoms with Crippen molar-refractivity contribution in [3.05, 3.63) is 24.3 Å². The van der Waals surface area contributed by atoms with Crippen LogP contribution in [0.2, 0.25) is 0 Å². The summed E-state index contributed by atoms with van der Waals surface area (Å²) in [6, 6.07) is 0. The van der Waals surface area contributed by atoms with Crippen molar-refractivity contribution >= 4 is 0 Å².